The lowest BCUT2D eigenvalue weighted by atomic mass is 9.81. The number of ether oxygens (including phenoxy) is 3. The molecule has 0 N–H and O–H groups in total. The van der Waals surface area contributed by atoms with E-state index in [1.54, 1.807) is 0 Å². The first-order chi connectivity index (χ1) is 20.5. The molecule has 0 atom stereocenters. The van der Waals surface area contributed by atoms with Gasteiger partial charge in [-0.2, -0.15) is 0 Å². The number of benzene rings is 2. The van der Waals surface area contributed by atoms with Gasteiger partial charge in [-0.3, -0.25) is 4.79 Å². The van der Waals surface area contributed by atoms with Crippen LogP contribution in [0.15, 0.2) is 42.5 Å². The van der Waals surface area contributed by atoms with Crippen molar-refractivity contribution in [3.05, 3.63) is 53.6 Å². The molecule has 1 aliphatic heterocycles. The standard InChI is InChI=1S/C35H44N2O5/c1-3-4-20-42-28-13-10-26(11-14-28)32-31(25-8-6-5-7-9-25)29-15-12-27(33(38)40-2)23-30(29)37(32)24-35(16-17-35)34(39)36-18-21-41-22-19-36/h10-15,23,25H,3-9,16-22,24H2,1-2H3. The smallest absolute Gasteiger partial charge is 0.337 e. The summed E-state index contributed by atoms with van der Waals surface area (Å²) in [6, 6.07) is 14.5. The molecule has 2 aromatic carbocycles. The molecule has 0 radical (unpaired) electrons. The fraction of sp³-hybridized carbons (Fsp3) is 0.543. The van der Waals surface area contributed by atoms with E-state index in [0.717, 1.165) is 55.4 Å². The van der Waals surface area contributed by atoms with Crippen LogP contribution >= 0.6 is 0 Å². The summed E-state index contributed by atoms with van der Waals surface area (Å²) in [6.07, 6.45) is 9.91. The van der Waals surface area contributed by atoms with Crippen LogP contribution in [-0.4, -0.2) is 61.4 Å². The van der Waals surface area contributed by atoms with E-state index in [2.05, 4.69) is 41.8 Å². The van der Waals surface area contributed by atoms with Gasteiger partial charge in [0, 0.05) is 30.5 Å². The zero-order valence-corrected chi connectivity index (χ0v) is 25.2. The molecule has 3 aliphatic rings. The number of carbonyl (C=O) groups is 2. The van der Waals surface area contributed by atoms with Crippen molar-refractivity contribution in [2.75, 3.05) is 40.0 Å². The van der Waals surface area contributed by atoms with Crippen molar-refractivity contribution >= 4 is 22.8 Å². The first kappa shape index (κ1) is 28.8. The van der Waals surface area contributed by atoms with Crippen molar-refractivity contribution in [3.63, 3.8) is 0 Å². The summed E-state index contributed by atoms with van der Waals surface area (Å²) in [4.78, 5) is 28.6. The predicted octanol–water partition coefficient (Wildman–Crippen LogP) is 6.96. The lowest BCUT2D eigenvalue weighted by Crippen LogP contribution is -2.45. The summed E-state index contributed by atoms with van der Waals surface area (Å²) >= 11 is 0. The summed E-state index contributed by atoms with van der Waals surface area (Å²) in [5, 5.41) is 1.18. The molecule has 1 aromatic heterocycles. The van der Waals surface area contributed by atoms with E-state index in [1.165, 1.54) is 43.0 Å². The summed E-state index contributed by atoms with van der Waals surface area (Å²) in [5.41, 5.74) is 4.79. The second-order valence-corrected chi connectivity index (χ2v) is 12.3. The van der Waals surface area contributed by atoms with Gasteiger partial charge in [0.2, 0.25) is 5.91 Å². The van der Waals surface area contributed by atoms with Crippen LogP contribution in [0.4, 0.5) is 0 Å². The van der Waals surface area contributed by atoms with Crippen LogP contribution in [0.5, 0.6) is 5.75 Å². The topological polar surface area (TPSA) is 70.0 Å². The molecule has 0 unspecified atom stereocenters. The summed E-state index contributed by atoms with van der Waals surface area (Å²) in [7, 11) is 1.43. The average molecular weight is 573 g/mol. The minimum absolute atomic E-state index is 0.238. The Kier molecular flexibility index (Phi) is 8.57. The molecule has 224 valence electrons. The highest BCUT2D eigenvalue weighted by Gasteiger charge is 2.52. The molecule has 3 aromatic rings. The van der Waals surface area contributed by atoms with E-state index in [-0.39, 0.29) is 11.9 Å². The van der Waals surface area contributed by atoms with Crippen LogP contribution in [-0.2, 0) is 20.8 Å². The van der Waals surface area contributed by atoms with Crippen LogP contribution in [0.3, 0.4) is 0 Å². The van der Waals surface area contributed by atoms with Crippen LogP contribution in [0, 0.1) is 5.41 Å². The molecule has 7 heteroatoms. The molecular formula is C35H44N2O5. The van der Waals surface area contributed by atoms with Crippen molar-refractivity contribution < 1.29 is 23.8 Å². The van der Waals surface area contributed by atoms with Gasteiger partial charge in [0.25, 0.3) is 0 Å². The molecule has 0 bridgehead atoms. The SMILES string of the molecule is CCCCOc1ccc(-c2c(C3CCCCC3)c3ccc(C(=O)OC)cc3n2CC2(C(=O)N3CCOCC3)CC2)cc1. The second kappa shape index (κ2) is 12.5. The van der Waals surface area contributed by atoms with Crippen LogP contribution in [0.2, 0.25) is 0 Å². The Hall–Kier alpha value is -3.32. The Morgan fingerprint density at radius 3 is 2.40 bits per heavy atom. The molecule has 6 rings (SSSR count). The fourth-order valence-electron chi connectivity index (χ4n) is 6.94. The quantitative estimate of drug-likeness (QED) is 0.194. The summed E-state index contributed by atoms with van der Waals surface area (Å²) < 4.78 is 19.0. The Bertz CT molecular complexity index is 1410. The molecule has 42 heavy (non-hydrogen) atoms. The number of methoxy groups -OCH3 is 1. The molecule has 2 aliphatic carbocycles. The number of unbranched alkanes of at least 4 members (excludes halogenated alkanes) is 1. The molecular weight excluding hydrogens is 528 g/mol. The monoisotopic (exact) mass is 572 g/mol. The summed E-state index contributed by atoms with van der Waals surface area (Å²) in [6.45, 7) is 5.98. The number of rotatable bonds is 10. The Labute approximate surface area is 249 Å². The number of esters is 1. The van der Waals surface area contributed by atoms with E-state index in [1.807, 2.05) is 17.0 Å². The molecule has 0 spiro atoms. The molecule has 1 amide bonds. The van der Waals surface area contributed by atoms with Crippen LogP contribution in [0.1, 0.15) is 86.6 Å². The van der Waals surface area contributed by atoms with Crippen LogP contribution in [0.25, 0.3) is 22.2 Å². The van der Waals surface area contributed by atoms with Crippen molar-refractivity contribution in [1.29, 1.82) is 0 Å². The zero-order chi connectivity index (χ0) is 29.1. The number of hydrogen-bond donors (Lipinski definition) is 0. The number of nitrogens with zero attached hydrogens (tertiary/aromatic N) is 2. The zero-order valence-electron chi connectivity index (χ0n) is 25.2. The number of hydrogen-bond acceptors (Lipinski definition) is 5. The highest BCUT2D eigenvalue weighted by molar-refractivity contribution is 5.99. The third kappa shape index (κ3) is 5.68. The van der Waals surface area contributed by atoms with Crippen molar-refractivity contribution in [3.8, 4) is 17.0 Å². The van der Waals surface area contributed by atoms with E-state index < -0.39 is 5.41 Å². The maximum Gasteiger partial charge on any atom is 0.337 e. The fourth-order valence-corrected chi connectivity index (χ4v) is 6.94. The molecule has 2 heterocycles. The van der Waals surface area contributed by atoms with E-state index in [9.17, 15) is 9.59 Å². The largest absolute Gasteiger partial charge is 0.494 e. The highest BCUT2D eigenvalue weighted by Crippen LogP contribution is 2.52. The summed E-state index contributed by atoms with van der Waals surface area (Å²) in [5.74, 6) is 1.21. The van der Waals surface area contributed by atoms with Gasteiger partial charge in [-0.15, -0.1) is 0 Å². The average Bonchev–Trinajstić information content (AvgIpc) is 3.77. The maximum absolute atomic E-state index is 13.9. The Balaban J connectivity index is 1.49. The molecule has 2 saturated carbocycles. The minimum atomic E-state index is -0.424. The van der Waals surface area contributed by atoms with Gasteiger partial charge in [-0.25, -0.2) is 4.79 Å². The van der Waals surface area contributed by atoms with Crippen molar-refractivity contribution in [1.82, 2.24) is 9.47 Å². The van der Waals surface area contributed by atoms with Gasteiger partial charge < -0.3 is 23.7 Å². The first-order valence-electron chi connectivity index (χ1n) is 15.9. The van der Waals surface area contributed by atoms with Crippen molar-refractivity contribution in [2.45, 2.75) is 77.2 Å². The number of morpholine rings is 1. The van der Waals surface area contributed by atoms with Crippen molar-refractivity contribution in [2.24, 2.45) is 5.41 Å². The highest BCUT2D eigenvalue weighted by atomic mass is 16.5. The molecule has 1 saturated heterocycles. The molecule has 3 fully saturated rings. The number of fused-ring (bicyclic) bond motifs is 1. The second-order valence-electron chi connectivity index (χ2n) is 12.3. The van der Waals surface area contributed by atoms with Gasteiger partial charge >= 0.3 is 5.97 Å². The van der Waals surface area contributed by atoms with Gasteiger partial charge in [0.05, 0.1) is 43.6 Å². The Morgan fingerprint density at radius 1 is 1.00 bits per heavy atom. The van der Waals surface area contributed by atoms with Gasteiger partial charge in [0.15, 0.2) is 0 Å². The molecule has 7 nitrogen and oxygen atoms in total. The minimum Gasteiger partial charge on any atom is -0.494 e. The van der Waals surface area contributed by atoms with Gasteiger partial charge in [-0.05, 0) is 85.5 Å². The lowest BCUT2D eigenvalue weighted by molar-refractivity contribution is -0.141. The van der Waals surface area contributed by atoms with E-state index >= 15 is 0 Å². The number of amides is 1. The van der Waals surface area contributed by atoms with Gasteiger partial charge in [0.1, 0.15) is 5.75 Å². The maximum atomic E-state index is 13.9. The Morgan fingerprint density at radius 2 is 1.74 bits per heavy atom. The van der Waals surface area contributed by atoms with E-state index in [4.69, 9.17) is 14.2 Å². The third-order valence-electron chi connectivity index (χ3n) is 9.50. The lowest BCUT2D eigenvalue weighted by Gasteiger charge is -2.31. The first-order valence-corrected chi connectivity index (χ1v) is 15.9. The number of carbonyl (C=O) groups excluding carboxylic acids is 2. The van der Waals surface area contributed by atoms with Crippen LogP contribution < -0.4 is 4.74 Å². The number of aromatic nitrogens is 1. The normalized spacial score (nSPS) is 18.7. The van der Waals surface area contributed by atoms with Gasteiger partial charge in [-0.1, -0.05) is 38.7 Å². The van der Waals surface area contributed by atoms with E-state index in [0.29, 0.717) is 50.9 Å². The third-order valence-corrected chi connectivity index (χ3v) is 9.50. The predicted molar refractivity (Wildman–Crippen MR) is 164 cm³/mol.